The van der Waals surface area contributed by atoms with E-state index in [0.717, 1.165) is 30.4 Å². The number of tetrazole rings is 1. The van der Waals surface area contributed by atoms with Crippen molar-refractivity contribution >= 4 is 10.0 Å². The zero-order valence-corrected chi connectivity index (χ0v) is 17.3. The molecule has 8 heteroatoms. The molecule has 0 saturated heterocycles. The summed E-state index contributed by atoms with van der Waals surface area (Å²) in [4.78, 5) is 1.97. The molecule has 152 valence electrons. The first-order chi connectivity index (χ1) is 13.6. The SMILES string of the molecule is CNS(=O)(=O)c1ccc(CC2CCCCC2)c(-c2nnn(C3CCCC3)n2)c1. The van der Waals surface area contributed by atoms with Gasteiger partial charge in [-0.1, -0.05) is 51.0 Å². The van der Waals surface area contributed by atoms with Crippen LogP contribution < -0.4 is 4.72 Å². The summed E-state index contributed by atoms with van der Waals surface area (Å²) in [5.74, 6) is 1.18. The van der Waals surface area contributed by atoms with E-state index in [-0.39, 0.29) is 4.90 Å². The molecule has 0 atom stereocenters. The minimum atomic E-state index is -3.52. The number of aromatic nitrogens is 4. The molecule has 0 amide bonds. The van der Waals surface area contributed by atoms with E-state index < -0.39 is 10.0 Å². The summed E-state index contributed by atoms with van der Waals surface area (Å²) in [6.45, 7) is 0. The molecule has 0 bridgehead atoms. The van der Waals surface area contributed by atoms with Crippen LogP contribution in [0.15, 0.2) is 23.1 Å². The fourth-order valence-electron chi connectivity index (χ4n) is 4.55. The van der Waals surface area contributed by atoms with Crippen LogP contribution in [0, 0.1) is 5.92 Å². The van der Waals surface area contributed by atoms with Crippen LogP contribution in [0.2, 0.25) is 0 Å². The van der Waals surface area contributed by atoms with Gasteiger partial charge in [-0.25, -0.2) is 13.1 Å². The monoisotopic (exact) mass is 403 g/mol. The van der Waals surface area contributed by atoms with Gasteiger partial charge in [0.15, 0.2) is 0 Å². The minimum absolute atomic E-state index is 0.245. The molecule has 2 saturated carbocycles. The topological polar surface area (TPSA) is 89.8 Å². The lowest BCUT2D eigenvalue weighted by molar-refractivity contribution is 0.357. The Morgan fingerprint density at radius 1 is 1.07 bits per heavy atom. The first-order valence-corrected chi connectivity index (χ1v) is 11.9. The quantitative estimate of drug-likeness (QED) is 0.797. The van der Waals surface area contributed by atoms with Crippen molar-refractivity contribution < 1.29 is 8.42 Å². The molecule has 0 unspecified atom stereocenters. The fraction of sp³-hybridized carbons (Fsp3) is 0.650. The molecule has 2 fully saturated rings. The van der Waals surface area contributed by atoms with Gasteiger partial charge in [0.1, 0.15) is 0 Å². The molecule has 0 aliphatic heterocycles. The van der Waals surface area contributed by atoms with Gasteiger partial charge in [-0.15, -0.1) is 10.2 Å². The van der Waals surface area contributed by atoms with Crippen LogP contribution in [0.3, 0.4) is 0 Å². The van der Waals surface area contributed by atoms with Crippen LogP contribution in [-0.4, -0.2) is 35.7 Å². The Hall–Kier alpha value is -1.80. The van der Waals surface area contributed by atoms with E-state index in [1.165, 1.54) is 52.0 Å². The molecule has 2 aromatic rings. The third kappa shape index (κ3) is 4.12. The Balaban J connectivity index is 1.69. The summed E-state index contributed by atoms with van der Waals surface area (Å²) in [7, 11) is -2.09. The number of nitrogens with one attached hydrogen (secondary N) is 1. The summed E-state index contributed by atoms with van der Waals surface area (Å²) in [6.07, 6.45) is 11.8. The van der Waals surface area contributed by atoms with Gasteiger partial charge < -0.3 is 0 Å². The van der Waals surface area contributed by atoms with Gasteiger partial charge in [0, 0.05) is 5.56 Å². The fourth-order valence-corrected chi connectivity index (χ4v) is 5.31. The molecule has 1 aromatic carbocycles. The largest absolute Gasteiger partial charge is 0.240 e. The minimum Gasteiger partial charge on any atom is -0.214 e. The summed E-state index contributed by atoms with van der Waals surface area (Å²) >= 11 is 0. The number of hydrogen-bond donors (Lipinski definition) is 1. The van der Waals surface area contributed by atoms with Crippen molar-refractivity contribution in [3.63, 3.8) is 0 Å². The van der Waals surface area contributed by atoms with Gasteiger partial charge in [0.2, 0.25) is 15.8 Å². The Morgan fingerprint density at radius 3 is 2.50 bits per heavy atom. The van der Waals surface area contributed by atoms with Crippen molar-refractivity contribution in [2.45, 2.75) is 75.1 Å². The van der Waals surface area contributed by atoms with E-state index in [1.807, 2.05) is 6.07 Å². The normalized spacial score (nSPS) is 19.3. The van der Waals surface area contributed by atoms with E-state index in [1.54, 1.807) is 16.9 Å². The summed E-state index contributed by atoms with van der Waals surface area (Å²) in [6, 6.07) is 5.64. The summed E-state index contributed by atoms with van der Waals surface area (Å²) in [5.41, 5.74) is 1.92. The Labute approximate surface area is 167 Å². The number of sulfonamides is 1. The molecule has 7 nitrogen and oxygen atoms in total. The van der Waals surface area contributed by atoms with Gasteiger partial charge in [-0.05, 0) is 55.1 Å². The lowest BCUT2D eigenvalue weighted by atomic mass is 9.84. The third-order valence-corrected chi connectivity index (χ3v) is 7.63. The van der Waals surface area contributed by atoms with Crippen molar-refractivity contribution in [3.05, 3.63) is 23.8 Å². The lowest BCUT2D eigenvalue weighted by Crippen LogP contribution is -2.19. The first kappa shape index (κ1) is 19.5. The van der Waals surface area contributed by atoms with Gasteiger partial charge >= 0.3 is 0 Å². The van der Waals surface area contributed by atoms with Gasteiger partial charge in [0.05, 0.1) is 10.9 Å². The summed E-state index contributed by atoms with van der Waals surface area (Å²) < 4.78 is 27.1. The molecular formula is C20H29N5O2S. The predicted molar refractivity (Wildman–Crippen MR) is 107 cm³/mol. The van der Waals surface area contributed by atoms with E-state index >= 15 is 0 Å². The van der Waals surface area contributed by atoms with Crippen LogP contribution in [0.4, 0.5) is 0 Å². The maximum atomic E-state index is 12.3. The molecule has 28 heavy (non-hydrogen) atoms. The van der Waals surface area contributed by atoms with Crippen molar-refractivity contribution in [2.24, 2.45) is 5.92 Å². The average Bonchev–Trinajstić information content (AvgIpc) is 3.41. The molecule has 0 spiro atoms. The maximum Gasteiger partial charge on any atom is 0.240 e. The highest BCUT2D eigenvalue weighted by atomic mass is 32.2. The first-order valence-electron chi connectivity index (χ1n) is 10.4. The van der Waals surface area contributed by atoms with Crippen LogP contribution in [-0.2, 0) is 16.4 Å². The maximum absolute atomic E-state index is 12.3. The third-order valence-electron chi connectivity index (χ3n) is 6.21. The van der Waals surface area contributed by atoms with Crippen molar-refractivity contribution in [3.8, 4) is 11.4 Å². The molecule has 4 rings (SSSR count). The van der Waals surface area contributed by atoms with Gasteiger partial charge in [-0.3, -0.25) is 0 Å². The molecule has 1 aromatic heterocycles. The second-order valence-electron chi connectivity index (χ2n) is 8.11. The van der Waals surface area contributed by atoms with Crippen LogP contribution in [0.25, 0.3) is 11.4 Å². The highest BCUT2D eigenvalue weighted by Crippen LogP contribution is 2.33. The predicted octanol–water partition coefficient (Wildman–Crippen LogP) is 3.49. The molecule has 0 radical (unpaired) electrons. The molecular weight excluding hydrogens is 374 g/mol. The van der Waals surface area contributed by atoms with Gasteiger partial charge in [0.25, 0.3) is 0 Å². The van der Waals surface area contributed by atoms with E-state index in [9.17, 15) is 8.42 Å². The Morgan fingerprint density at radius 2 is 1.79 bits per heavy atom. The Kier molecular flexibility index (Phi) is 5.78. The van der Waals surface area contributed by atoms with Crippen molar-refractivity contribution in [1.82, 2.24) is 24.9 Å². The number of nitrogens with zero attached hydrogens (tertiary/aromatic N) is 4. The summed E-state index contributed by atoms with van der Waals surface area (Å²) in [5, 5.41) is 13.2. The lowest BCUT2D eigenvalue weighted by Gasteiger charge is -2.22. The molecule has 1 N–H and O–H groups in total. The molecule has 2 aliphatic carbocycles. The van der Waals surface area contributed by atoms with E-state index in [4.69, 9.17) is 0 Å². The smallest absolute Gasteiger partial charge is 0.214 e. The van der Waals surface area contributed by atoms with Crippen molar-refractivity contribution in [2.75, 3.05) is 7.05 Å². The zero-order valence-electron chi connectivity index (χ0n) is 16.5. The second kappa shape index (κ2) is 8.29. The highest BCUT2D eigenvalue weighted by Gasteiger charge is 2.23. The average molecular weight is 404 g/mol. The van der Waals surface area contributed by atoms with E-state index in [0.29, 0.717) is 17.8 Å². The number of hydrogen-bond acceptors (Lipinski definition) is 5. The Bertz CT molecular complexity index is 912. The van der Waals surface area contributed by atoms with Gasteiger partial charge in [-0.2, -0.15) is 4.80 Å². The highest BCUT2D eigenvalue weighted by molar-refractivity contribution is 7.89. The van der Waals surface area contributed by atoms with Crippen LogP contribution >= 0.6 is 0 Å². The zero-order chi connectivity index (χ0) is 19.6. The van der Waals surface area contributed by atoms with E-state index in [2.05, 4.69) is 20.1 Å². The molecule has 2 aliphatic rings. The number of rotatable bonds is 6. The number of benzene rings is 1. The van der Waals surface area contributed by atoms with Crippen molar-refractivity contribution in [1.29, 1.82) is 0 Å². The van der Waals surface area contributed by atoms with Crippen LogP contribution in [0.1, 0.15) is 69.4 Å². The standard InChI is InChI=1S/C20H29N5O2S/c1-21-28(26,27)18-12-11-16(13-15-7-3-2-4-8-15)19(14-18)20-22-24-25(23-20)17-9-5-6-10-17/h11-12,14-15,17,21H,2-10,13H2,1H3. The van der Waals surface area contributed by atoms with Crippen LogP contribution in [0.5, 0.6) is 0 Å². The second-order valence-corrected chi connectivity index (χ2v) is 9.99. The molecule has 1 heterocycles.